The van der Waals surface area contributed by atoms with Crippen molar-refractivity contribution in [3.63, 3.8) is 0 Å². The monoisotopic (exact) mass is 599 g/mol. The average Bonchev–Trinajstić information content (AvgIpc) is 3.31. The lowest BCUT2D eigenvalue weighted by atomic mass is 10.1. The normalized spacial score (nSPS) is 13.3. The van der Waals surface area contributed by atoms with Crippen molar-refractivity contribution in [3.05, 3.63) is 101 Å². The Morgan fingerprint density at radius 2 is 1.52 bits per heavy atom. The van der Waals surface area contributed by atoms with Crippen molar-refractivity contribution in [1.29, 1.82) is 0 Å². The first-order chi connectivity index (χ1) is 18.5. The molecule has 1 aliphatic heterocycles. The second-order valence-electron chi connectivity index (χ2n) is 9.73. The Morgan fingerprint density at radius 3 is 2.20 bits per heavy atom. The van der Waals surface area contributed by atoms with Crippen LogP contribution in [0, 0.1) is 13.8 Å². The number of hydrogen-bond acceptors (Lipinski definition) is 4. The lowest BCUT2D eigenvalue weighted by Crippen LogP contribution is -2.47. The lowest BCUT2D eigenvalue weighted by Gasteiger charge is -2.37. The second-order valence-corrected chi connectivity index (χ2v) is 10.1. The minimum absolute atomic E-state index is 0. The van der Waals surface area contributed by atoms with E-state index in [1.807, 2.05) is 79.7 Å². The number of hydrogen-bond donors (Lipinski definition) is 1. The average molecular weight is 601 g/mol. The zero-order valence-electron chi connectivity index (χ0n) is 22.8. The largest absolute Gasteiger partial charge is 0.369 e. The third kappa shape index (κ3) is 6.99. The van der Waals surface area contributed by atoms with Gasteiger partial charge in [0.25, 0.3) is 5.91 Å². The Bertz CT molecular complexity index is 1390. The minimum atomic E-state index is -0.129. The van der Waals surface area contributed by atoms with E-state index in [4.69, 9.17) is 16.6 Å². The van der Waals surface area contributed by atoms with Gasteiger partial charge in [0.15, 0.2) is 0 Å². The molecule has 212 valence electrons. The Kier molecular flexibility index (Phi) is 11.5. The molecule has 0 bridgehead atoms. The molecule has 0 saturated carbocycles. The van der Waals surface area contributed by atoms with E-state index in [-0.39, 0.29) is 30.7 Å². The van der Waals surface area contributed by atoms with Gasteiger partial charge < -0.3 is 10.2 Å². The number of nitrogens with one attached hydrogen (secondary N) is 1. The fraction of sp³-hybridized carbons (Fsp3) is 0.290. The third-order valence-electron chi connectivity index (χ3n) is 7.26. The molecule has 1 amide bonds. The number of amides is 1. The summed E-state index contributed by atoms with van der Waals surface area (Å²) in [5.41, 5.74) is 5.64. The summed E-state index contributed by atoms with van der Waals surface area (Å²) in [6, 6.07) is 26.2. The van der Waals surface area contributed by atoms with Gasteiger partial charge in [0.05, 0.1) is 5.69 Å². The molecule has 9 heteroatoms. The Balaban J connectivity index is 0.00000220. The van der Waals surface area contributed by atoms with Crippen LogP contribution < -0.4 is 10.2 Å². The van der Waals surface area contributed by atoms with E-state index in [9.17, 15) is 4.79 Å². The van der Waals surface area contributed by atoms with Crippen LogP contribution in [0.3, 0.4) is 0 Å². The van der Waals surface area contributed by atoms with Crippen molar-refractivity contribution in [3.8, 4) is 17.1 Å². The van der Waals surface area contributed by atoms with E-state index in [0.29, 0.717) is 12.2 Å². The maximum absolute atomic E-state index is 13.2. The molecule has 5 rings (SSSR count). The van der Waals surface area contributed by atoms with Gasteiger partial charge in [-0.05, 0) is 56.6 Å². The standard InChI is InChI=1S/C31H34ClN5O.2ClH/c1-23-27(32)15-9-16-28(23)36-21-19-35(20-22-36)18-10-17-33-31(38)29-24(2)37(26-13-7-4-8-14-26)30(34-29)25-11-5-3-6-12-25;;/h3-9,11-16H,10,17-22H2,1-2H3,(H,33,38);2*1H. The molecular formula is C31H36Cl3N5O. The molecule has 0 atom stereocenters. The van der Waals surface area contributed by atoms with Crippen LogP contribution in [0.5, 0.6) is 0 Å². The van der Waals surface area contributed by atoms with E-state index in [2.05, 4.69) is 32.7 Å². The van der Waals surface area contributed by atoms with E-state index < -0.39 is 0 Å². The Labute approximate surface area is 254 Å². The summed E-state index contributed by atoms with van der Waals surface area (Å²) in [5, 5.41) is 3.92. The highest BCUT2D eigenvalue weighted by molar-refractivity contribution is 6.31. The van der Waals surface area contributed by atoms with Crippen LogP contribution in [0.4, 0.5) is 5.69 Å². The SMILES string of the molecule is Cc1c(Cl)cccc1N1CCN(CCCNC(=O)c2nc(-c3ccccc3)n(-c3ccccc3)c2C)CC1.Cl.Cl. The quantitative estimate of drug-likeness (QED) is 0.232. The summed E-state index contributed by atoms with van der Waals surface area (Å²) in [5.74, 6) is 0.642. The zero-order chi connectivity index (χ0) is 26.5. The van der Waals surface area contributed by atoms with Gasteiger partial charge in [-0.25, -0.2) is 4.98 Å². The predicted molar refractivity (Wildman–Crippen MR) is 170 cm³/mol. The first-order valence-corrected chi connectivity index (χ1v) is 13.6. The number of rotatable bonds is 8. The number of carbonyl (C=O) groups is 1. The molecule has 0 spiro atoms. The fourth-order valence-corrected chi connectivity index (χ4v) is 5.30. The fourth-order valence-electron chi connectivity index (χ4n) is 5.13. The van der Waals surface area contributed by atoms with Gasteiger partial charge in [0.2, 0.25) is 0 Å². The molecule has 1 fully saturated rings. The first-order valence-electron chi connectivity index (χ1n) is 13.2. The molecular weight excluding hydrogens is 565 g/mol. The summed E-state index contributed by atoms with van der Waals surface area (Å²) in [6.45, 7) is 9.57. The molecule has 1 aliphatic rings. The van der Waals surface area contributed by atoms with Crippen LogP contribution in [0.15, 0.2) is 78.9 Å². The van der Waals surface area contributed by atoms with Gasteiger partial charge in [0.1, 0.15) is 11.5 Å². The van der Waals surface area contributed by atoms with Gasteiger partial charge >= 0.3 is 0 Å². The van der Waals surface area contributed by atoms with Crippen molar-refractivity contribution in [2.24, 2.45) is 0 Å². The third-order valence-corrected chi connectivity index (χ3v) is 7.67. The van der Waals surface area contributed by atoms with Gasteiger partial charge in [-0.2, -0.15) is 0 Å². The summed E-state index contributed by atoms with van der Waals surface area (Å²) in [4.78, 5) is 22.9. The zero-order valence-corrected chi connectivity index (χ0v) is 25.2. The molecule has 3 aromatic carbocycles. The van der Waals surface area contributed by atoms with Crippen LogP contribution in [0.25, 0.3) is 17.1 Å². The van der Waals surface area contributed by atoms with Crippen molar-refractivity contribution < 1.29 is 4.79 Å². The summed E-state index contributed by atoms with van der Waals surface area (Å²) < 4.78 is 2.06. The Morgan fingerprint density at radius 1 is 0.875 bits per heavy atom. The molecule has 0 unspecified atom stereocenters. The molecule has 6 nitrogen and oxygen atoms in total. The molecule has 0 aliphatic carbocycles. The molecule has 2 heterocycles. The van der Waals surface area contributed by atoms with Crippen LogP contribution in [-0.2, 0) is 0 Å². The molecule has 1 saturated heterocycles. The number of para-hydroxylation sites is 1. The van der Waals surface area contributed by atoms with E-state index >= 15 is 0 Å². The number of halogens is 3. The van der Waals surface area contributed by atoms with Gasteiger partial charge in [-0.15, -0.1) is 24.8 Å². The predicted octanol–water partition coefficient (Wildman–Crippen LogP) is 6.60. The van der Waals surface area contributed by atoms with Crippen molar-refractivity contribution in [2.45, 2.75) is 20.3 Å². The van der Waals surface area contributed by atoms with E-state index in [1.165, 1.54) is 5.69 Å². The number of nitrogens with zero attached hydrogens (tertiary/aromatic N) is 4. The summed E-state index contributed by atoms with van der Waals surface area (Å²) >= 11 is 6.32. The van der Waals surface area contributed by atoms with Crippen LogP contribution in [0.1, 0.15) is 28.2 Å². The number of carbonyl (C=O) groups excluding carboxylic acids is 1. The van der Waals surface area contributed by atoms with Gasteiger partial charge in [-0.3, -0.25) is 14.3 Å². The number of piperazine rings is 1. The van der Waals surface area contributed by atoms with Gasteiger partial charge in [0, 0.05) is 54.7 Å². The smallest absolute Gasteiger partial charge is 0.271 e. The molecule has 1 N–H and O–H groups in total. The lowest BCUT2D eigenvalue weighted by molar-refractivity contribution is 0.0946. The number of anilines is 1. The highest BCUT2D eigenvalue weighted by atomic mass is 35.5. The molecule has 40 heavy (non-hydrogen) atoms. The molecule has 4 aromatic rings. The minimum Gasteiger partial charge on any atom is -0.369 e. The number of imidazole rings is 1. The van der Waals surface area contributed by atoms with Crippen LogP contribution in [-0.4, -0.2) is 59.6 Å². The van der Waals surface area contributed by atoms with Crippen molar-refractivity contribution in [2.75, 3.05) is 44.2 Å². The topological polar surface area (TPSA) is 53.4 Å². The second kappa shape index (κ2) is 14.6. The summed E-state index contributed by atoms with van der Waals surface area (Å²) in [7, 11) is 0. The van der Waals surface area contributed by atoms with Crippen molar-refractivity contribution >= 4 is 48.0 Å². The van der Waals surface area contributed by atoms with E-state index in [1.54, 1.807) is 0 Å². The van der Waals surface area contributed by atoms with Crippen LogP contribution >= 0.6 is 36.4 Å². The molecule has 1 aromatic heterocycles. The number of benzene rings is 3. The van der Waals surface area contributed by atoms with Crippen LogP contribution in [0.2, 0.25) is 5.02 Å². The summed E-state index contributed by atoms with van der Waals surface area (Å²) in [6.07, 6.45) is 0.895. The first kappa shape index (κ1) is 31.5. The van der Waals surface area contributed by atoms with E-state index in [0.717, 1.165) is 72.5 Å². The highest BCUT2D eigenvalue weighted by Crippen LogP contribution is 2.28. The maximum Gasteiger partial charge on any atom is 0.271 e. The van der Waals surface area contributed by atoms with Crippen molar-refractivity contribution in [1.82, 2.24) is 19.8 Å². The van der Waals surface area contributed by atoms with Gasteiger partial charge in [-0.1, -0.05) is 66.2 Å². The number of aromatic nitrogens is 2. The molecule has 0 radical (unpaired) electrons. The maximum atomic E-state index is 13.2. The highest BCUT2D eigenvalue weighted by Gasteiger charge is 2.22. The Hall–Kier alpha value is -3.03.